The van der Waals surface area contributed by atoms with E-state index in [0.29, 0.717) is 29.0 Å². The van der Waals surface area contributed by atoms with Crippen LogP contribution in [-0.4, -0.2) is 42.5 Å². The first-order valence-corrected chi connectivity index (χ1v) is 6.86. The summed E-state index contributed by atoms with van der Waals surface area (Å²) < 4.78 is 0. The van der Waals surface area contributed by atoms with E-state index in [1.54, 1.807) is 19.2 Å². The number of aromatic nitrogens is 1. The van der Waals surface area contributed by atoms with Gasteiger partial charge in [0.05, 0.1) is 0 Å². The van der Waals surface area contributed by atoms with E-state index in [-0.39, 0.29) is 18.3 Å². The van der Waals surface area contributed by atoms with Gasteiger partial charge in [-0.05, 0) is 37.4 Å². The van der Waals surface area contributed by atoms with Crippen LogP contribution in [0.15, 0.2) is 12.1 Å². The first kappa shape index (κ1) is 17.0. The van der Waals surface area contributed by atoms with Gasteiger partial charge in [0.2, 0.25) is 0 Å². The zero-order valence-electron chi connectivity index (χ0n) is 11.4. The van der Waals surface area contributed by atoms with Crippen molar-refractivity contribution in [3.63, 3.8) is 0 Å². The number of halogens is 2. The first-order valence-electron chi connectivity index (χ1n) is 6.48. The number of amides is 1. The molecule has 5 nitrogen and oxygen atoms in total. The molecule has 1 aliphatic rings. The van der Waals surface area contributed by atoms with Crippen molar-refractivity contribution in [1.29, 1.82) is 0 Å². The Kier molecular flexibility index (Phi) is 6.52. The molecule has 20 heavy (non-hydrogen) atoms. The molecule has 0 aliphatic carbocycles. The second-order valence-corrected chi connectivity index (χ2v) is 5.20. The Labute approximate surface area is 130 Å². The molecule has 1 aliphatic heterocycles. The molecule has 1 atom stereocenters. The predicted octanol–water partition coefficient (Wildman–Crippen LogP) is 2.01. The molecule has 1 fully saturated rings. The highest BCUT2D eigenvalue weighted by atomic mass is 35.5. The largest absolute Gasteiger partial charge is 0.373 e. The standard InChI is InChI=1S/C13H19ClN4O.ClH/c1-16-12-6-10(5-11(14)17-12)13(19)18-4-2-3-9(7-15)8-18;/h5-6,9H,2-4,7-8,15H2,1H3,(H,16,17);1H. The Balaban J connectivity index is 0.00000200. The molecule has 0 bridgehead atoms. The maximum Gasteiger partial charge on any atom is 0.254 e. The maximum absolute atomic E-state index is 12.5. The number of hydrogen-bond acceptors (Lipinski definition) is 4. The van der Waals surface area contributed by atoms with Crippen molar-refractivity contribution in [2.24, 2.45) is 11.7 Å². The van der Waals surface area contributed by atoms with Gasteiger partial charge in [-0.25, -0.2) is 4.98 Å². The van der Waals surface area contributed by atoms with Crippen LogP contribution in [0.4, 0.5) is 5.82 Å². The first-order chi connectivity index (χ1) is 9.13. The van der Waals surface area contributed by atoms with E-state index in [1.807, 2.05) is 4.90 Å². The second kappa shape index (κ2) is 7.67. The molecule has 7 heteroatoms. The molecule has 3 N–H and O–H groups in total. The van der Waals surface area contributed by atoms with Gasteiger partial charge in [0, 0.05) is 25.7 Å². The van der Waals surface area contributed by atoms with Gasteiger partial charge in [-0.2, -0.15) is 0 Å². The summed E-state index contributed by atoms with van der Waals surface area (Å²) in [5.41, 5.74) is 6.27. The summed E-state index contributed by atoms with van der Waals surface area (Å²) in [6.07, 6.45) is 2.10. The summed E-state index contributed by atoms with van der Waals surface area (Å²) in [5.74, 6) is 1.00. The molecule has 1 amide bonds. The SMILES string of the molecule is CNc1cc(C(=O)N2CCCC(CN)C2)cc(Cl)n1.Cl. The van der Waals surface area contributed by atoms with E-state index in [0.717, 1.165) is 25.9 Å². The van der Waals surface area contributed by atoms with Gasteiger partial charge in [0.25, 0.3) is 5.91 Å². The molecule has 0 radical (unpaired) electrons. The van der Waals surface area contributed by atoms with E-state index in [2.05, 4.69) is 10.3 Å². The molecule has 0 saturated carbocycles. The number of anilines is 1. The van der Waals surface area contributed by atoms with Gasteiger partial charge in [0.1, 0.15) is 11.0 Å². The van der Waals surface area contributed by atoms with Crippen molar-refractivity contribution < 1.29 is 4.79 Å². The number of nitrogens with two attached hydrogens (primary N) is 1. The van der Waals surface area contributed by atoms with Crippen LogP contribution in [0.5, 0.6) is 0 Å². The number of piperidine rings is 1. The van der Waals surface area contributed by atoms with E-state index in [9.17, 15) is 4.79 Å². The van der Waals surface area contributed by atoms with Crippen molar-refractivity contribution in [2.45, 2.75) is 12.8 Å². The lowest BCUT2D eigenvalue weighted by atomic mass is 9.98. The summed E-state index contributed by atoms with van der Waals surface area (Å²) >= 11 is 5.93. The number of hydrogen-bond donors (Lipinski definition) is 2. The summed E-state index contributed by atoms with van der Waals surface area (Å²) in [5, 5.41) is 3.22. The highest BCUT2D eigenvalue weighted by Gasteiger charge is 2.24. The van der Waals surface area contributed by atoms with Crippen molar-refractivity contribution in [3.8, 4) is 0 Å². The Hall–Kier alpha value is -1.04. The van der Waals surface area contributed by atoms with E-state index in [1.165, 1.54) is 0 Å². The van der Waals surface area contributed by atoms with Gasteiger partial charge in [0.15, 0.2) is 0 Å². The highest BCUT2D eigenvalue weighted by Crippen LogP contribution is 2.20. The predicted molar refractivity (Wildman–Crippen MR) is 83.7 cm³/mol. The Bertz CT molecular complexity index is 470. The van der Waals surface area contributed by atoms with E-state index in [4.69, 9.17) is 17.3 Å². The molecule has 1 aromatic heterocycles. The number of likely N-dealkylation sites (tertiary alicyclic amines) is 1. The lowest BCUT2D eigenvalue weighted by Gasteiger charge is -2.32. The Morgan fingerprint density at radius 2 is 2.35 bits per heavy atom. The fourth-order valence-corrected chi connectivity index (χ4v) is 2.58. The maximum atomic E-state index is 12.5. The summed E-state index contributed by atoms with van der Waals surface area (Å²) in [6, 6.07) is 3.33. The van der Waals surface area contributed by atoms with E-state index >= 15 is 0 Å². The minimum Gasteiger partial charge on any atom is -0.373 e. The van der Waals surface area contributed by atoms with Crippen molar-refractivity contribution in [2.75, 3.05) is 32.0 Å². The number of carbonyl (C=O) groups excluding carboxylic acids is 1. The van der Waals surface area contributed by atoms with Crippen LogP contribution >= 0.6 is 24.0 Å². The zero-order chi connectivity index (χ0) is 13.8. The third-order valence-corrected chi connectivity index (χ3v) is 3.63. The van der Waals surface area contributed by atoms with Crippen molar-refractivity contribution >= 4 is 35.7 Å². The van der Waals surface area contributed by atoms with Crippen LogP contribution < -0.4 is 11.1 Å². The molecular weight excluding hydrogens is 299 g/mol. The van der Waals surface area contributed by atoms with Crippen LogP contribution in [0, 0.1) is 5.92 Å². The molecule has 2 heterocycles. The quantitative estimate of drug-likeness (QED) is 0.836. The van der Waals surface area contributed by atoms with Gasteiger partial charge >= 0.3 is 0 Å². The van der Waals surface area contributed by atoms with Gasteiger partial charge in [-0.15, -0.1) is 12.4 Å². The molecular formula is C13H20Cl2N4O. The third kappa shape index (κ3) is 3.98. The van der Waals surface area contributed by atoms with Crippen LogP contribution in [0.3, 0.4) is 0 Å². The molecule has 0 spiro atoms. The minimum absolute atomic E-state index is 0. The molecule has 1 unspecified atom stereocenters. The normalized spacial score (nSPS) is 18.4. The fraction of sp³-hybridized carbons (Fsp3) is 0.538. The molecule has 1 saturated heterocycles. The van der Waals surface area contributed by atoms with E-state index < -0.39 is 0 Å². The number of rotatable bonds is 3. The highest BCUT2D eigenvalue weighted by molar-refractivity contribution is 6.29. The third-order valence-electron chi connectivity index (χ3n) is 3.44. The van der Waals surface area contributed by atoms with Crippen molar-refractivity contribution in [3.05, 3.63) is 22.8 Å². The van der Waals surface area contributed by atoms with Gasteiger partial charge in [-0.3, -0.25) is 4.79 Å². The summed E-state index contributed by atoms with van der Waals surface area (Å²) in [4.78, 5) is 18.4. The lowest BCUT2D eigenvalue weighted by molar-refractivity contribution is 0.0678. The average molecular weight is 319 g/mol. The van der Waals surface area contributed by atoms with Crippen LogP contribution in [-0.2, 0) is 0 Å². The molecule has 2 rings (SSSR count). The molecule has 112 valence electrons. The molecule has 0 aromatic carbocycles. The van der Waals surface area contributed by atoms with Gasteiger partial charge in [-0.1, -0.05) is 11.6 Å². The lowest BCUT2D eigenvalue weighted by Crippen LogP contribution is -2.42. The Morgan fingerprint density at radius 1 is 1.60 bits per heavy atom. The molecule has 1 aromatic rings. The number of carbonyl (C=O) groups is 1. The monoisotopic (exact) mass is 318 g/mol. The van der Waals surface area contributed by atoms with Crippen molar-refractivity contribution in [1.82, 2.24) is 9.88 Å². The zero-order valence-corrected chi connectivity index (χ0v) is 13.0. The number of nitrogens with zero attached hydrogens (tertiary/aromatic N) is 2. The second-order valence-electron chi connectivity index (χ2n) is 4.81. The number of pyridine rings is 1. The summed E-state index contributed by atoms with van der Waals surface area (Å²) in [7, 11) is 1.75. The summed E-state index contributed by atoms with van der Waals surface area (Å²) in [6.45, 7) is 2.14. The van der Waals surface area contributed by atoms with Crippen LogP contribution in [0.2, 0.25) is 5.15 Å². The topological polar surface area (TPSA) is 71.2 Å². The minimum atomic E-state index is -0.000972. The smallest absolute Gasteiger partial charge is 0.254 e. The average Bonchev–Trinajstić information content (AvgIpc) is 2.45. The van der Waals surface area contributed by atoms with Crippen LogP contribution in [0.1, 0.15) is 23.2 Å². The van der Waals surface area contributed by atoms with Gasteiger partial charge < -0.3 is 16.0 Å². The fourth-order valence-electron chi connectivity index (χ4n) is 2.37. The Morgan fingerprint density at radius 3 is 3.00 bits per heavy atom. The van der Waals surface area contributed by atoms with Crippen LogP contribution in [0.25, 0.3) is 0 Å². The number of nitrogens with one attached hydrogen (secondary N) is 1.